The maximum Gasteiger partial charge on any atom is 0.331 e. The summed E-state index contributed by atoms with van der Waals surface area (Å²) in [7, 11) is 0. The van der Waals surface area contributed by atoms with Crippen LogP contribution in [0.3, 0.4) is 0 Å². The Morgan fingerprint density at radius 2 is 2.00 bits per heavy atom. The number of nitrogens with zero attached hydrogens (tertiary/aromatic N) is 1. The van der Waals surface area contributed by atoms with Gasteiger partial charge in [-0.1, -0.05) is 18.6 Å². The van der Waals surface area contributed by atoms with Crippen LogP contribution in [0.5, 0.6) is 0 Å². The van der Waals surface area contributed by atoms with Gasteiger partial charge in [0.1, 0.15) is 0 Å². The van der Waals surface area contributed by atoms with Crippen molar-refractivity contribution in [3.8, 4) is 6.07 Å². The average molecular weight is 249 g/mol. The standard InChI is InChI=1S/C14H19NO3/c1-10(11(2)12(16)17)5-8-13(3,18)14(9-15)6-4-7-14/h5,8,18H,4,6-7H2,1-3H3,(H,16,17)/b8-5+,11-10-/t13-/m0/s1. The lowest BCUT2D eigenvalue weighted by atomic mass is 9.60. The van der Waals surface area contributed by atoms with Gasteiger partial charge in [-0.25, -0.2) is 4.79 Å². The molecule has 0 aromatic heterocycles. The Balaban J connectivity index is 2.94. The van der Waals surface area contributed by atoms with Crippen LogP contribution in [-0.2, 0) is 4.79 Å². The van der Waals surface area contributed by atoms with Gasteiger partial charge in [-0.3, -0.25) is 0 Å². The van der Waals surface area contributed by atoms with E-state index in [9.17, 15) is 15.2 Å². The molecule has 1 aliphatic rings. The SMILES string of the molecule is CC(/C=C/[C@](C)(O)C1(C#N)CCC1)=C(\C)C(=O)O. The number of aliphatic carboxylic acids is 1. The molecule has 2 N–H and O–H groups in total. The molecule has 1 aliphatic carbocycles. The molecule has 0 bridgehead atoms. The zero-order chi connectivity index (χ0) is 14.0. The van der Waals surface area contributed by atoms with E-state index in [-0.39, 0.29) is 5.57 Å². The smallest absolute Gasteiger partial charge is 0.331 e. The lowest BCUT2D eigenvalue weighted by molar-refractivity contribution is -0.132. The molecule has 98 valence electrons. The van der Waals surface area contributed by atoms with Crippen LogP contribution in [0, 0.1) is 16.7 Å². The Morgan fingerprint density at radius 3 is 2.33 bits per heavy atom. The number of nitriles is 1. The van der Waals surface area contributed by atoms with Gasteiger partial charge in [-0.05, 0) is 39.2 Å². The van der Waals surface area contributed by atoms with Gasteiger partial charge in [0.2, 0.25) is 0 Å². The normalized spacial score (nSPS) is 22.6. The molecule has 1 atom stereocenters. The van der Waals surface area contributed by atoms with Gasteiger partial charge in [0.05, 0.1) is 17.1 Å². The molecule has 0 saturated heterocycles. The van der Waals surface area contributed by atoms with E-state index >= 15 is 0 Å². The van der Waals surface area contributed by atoms with Crippen LogP contribution in [0.4, 0.5) is 0 Å². The molecule has 4 nitrogen and oxygen atoms in total. The van der Waals surface area contributed by atoms with Crippen LogP contribution < -0.4 is 0 Å². The van der Waals surface area contributed by atoms with E-state index in [2.05, 4.69) is 6.07 Å². The van der Waals surface area contributed by atoms with E-state index < -0.39 is 17.0 Å². The van der Waals surface area contributed by atoms with E-state index in [1.54, 1.807) is 19.9 Å². The Morgan fingerprint density at radius 1 is 1.44 bits per heavy atom. The van der Waals surface area contributed by atoms with Crippen molar-refractivity contribution in [1.82, 2.24) is 0 Å². The summed E-state index contributed by atoms with van der Waals surface area (Å²) < 4.78 is 0. The van der Waals surface area contributed by atoms with Gasteiger partial charge >= 0.3 is 5.97 Å². The molecule has 0 spiro atoms. The van der Waals surface area contributed by atoms with Crippen molar-refractivity contribution in [3.63, 3.8) is 0 Å². The lowest BCUT2D eigenvalue weighted by Crippen LogP contribution is -2.48. The monoisotopic (exact) mass is 249 g/mol. The molecule has 18 heavy (non-hydrogen) atoms. The second kappa shape index (κ2) is 4.95. The molecule has 0 aromatic carbocycles. The summed E-state index contributed by atoms with van der Waals surface area (Å²) >= 11 is 0. The number of aliphatic hydroxyl groups is 1. The molecule has 0 radical (unpaired) electrons. The highest BCUT2D eigenvalue weighted by molar-refractivity contribution is 5.87. The Kier molecular flexibility index (Phi) is 3.98. The van der Waals surface area contributed by atoms with E-state index in [0.29, 0.717) is 18.4 Å². The fraction of sp³-hybridized carbons (Fsp3) is 0.571. The van der Waals surface area contributed by atoms with E-state index in [1.165, 1.54) is 13.0 Å². The van der Waals surface area contributed by atoms with E-state index in [4.69, 9.17) is 5.11 Å². The second-order valence-electron chi connectivity index (χ2n) is 5.14. The number of carboxylic acids is 1. The van der Waals surface area contributed by atoms with Crippen LogP contribution in [0.1, 0.15) is 40.0 Å². The van der Waals surface area contributed by atoms with Crippen molar-refractivity contribution in [1.29, 1.82) is 5.26 Å². The van der Waals surface area contributed by atoms with Crippen LogP contribution in [0.25, 0.3) is 0 Å². The third kappa shape index (κ3) is 2.46. The van der Waals surface area contributed by atoms with E-state index in [1.807, 2.05) is 0 Å². The van der Waals surface area contributed by atoms with E-state index in [0.717, 1.165) is 6.42 Å². The van der Waals surface area contributed by atoms with Crippen LogP contribution in [-0.4, -0.2) is 21.8 Å². The summed E-state index contributed by atoms with van der Waals surface area (Å²) in [5.41, 5.74) is -1.13. The summed E-state index contributed by atoms with van der Waals surface area (Å²) in [5, 5.41) is 28.4. The third-order valence-electron chi connectivity index (χ3n) is 3.96. The van der Waals surface area contributed by atoms with Crippen molar-refractivity contribution < 1.29 is 15.0 Å². The van der Waals surface area contributed by atoms with Gasteiger partial charge in [0.15, 0.2) is 0 Å². The molecule has 1 fully saturated rings. The van der Waals surface area contributed by atoms with Gasteiger partial charge in [0.25, 0.3) is 0 Å². The molecule has 0 aliphatic heterocycles. The Bertz CT molecular complexity index is 448. The highest BCUT2D eigenvalue weighted by Gasteiger charge is 2.50. The first-order valence-electron chi connectivity index (χ1n) is 5.99. The minimum Gasteiger partial charge on any atom is -0.478 e. The first-order valence-corrected chi connectivity index (χ1v) is 5.99. The molecular weight excluding hydrogens is 230 g/mol. The summed E-state index contributed by atoms with van der Waals surface area (Å²) in [6, 6.07) is 2.20. The van der Waals surface area contributed by atoms with Crippen molar-refractivity contribution in [2.45, 2.75) is 45.6 Å². The molecule has 0 aromatic rings. The molecule has 1 saturated carbocycles. The first kappa shape index (κ1) is 14.5. The number of carbonyl (C=O) groups is 1. The maximum atomic E-state index is 10.8. The van der Waals surface area contributed by atoms with Gasteiger partial charge in [-0.2, -0.15) is 5.26 Å². The maximum absolute atomic E-state index is 10.8. The first-order chi connectivity index (χ1) is 8.26. The fourth-order valence-electron chi connectivity index (χ4n) is 2.00. The summed E-state index contributed by atoms with van der Waals surface area (Å²) in [5.74, 6) is -0.976. The minimum atomic E-state index is -1.22. The van der Waals surface area contributed by atoms with Gasteiger partial charge in [0, 0.05) is 5.57 Å². The predicted molar refractivity (Wildman–Crippen MR) is 67.7 cm³/mol. The lowest BCUT2D eigenvalue weighted by Gasteiger charge is -2.45. The zero-order valence-electron chi connectivity index (χ0n) is 11.0. The average Bonchev–Trinajstić information content (AvgIpc) is 2.23. The topological polar surface area (TPSA) is 81.3 Å². The summed E-state index contributed by atoms with van der Waals surface area (Å²) in [6.45, 7) is 4.80. The number of hydrogen-bond donors (Lipinski definition) is 2. The largest absolute Gasteiger partial charge is 0.478 e. The fourth-order valence-corrected chi connectivity index (χ4v) is 2.00. The number of allylic oxidation sites excluding steroid dienone is 2. The second-order valence-corrected chi connectivity index (χ2v) is 5.14. The quantitative estimate of drug-likeness (QED) is 0.592. The van der Waals surface area contributed by atoms with Crippen molar-refractivity contribution >= 4 is 5.97 Å². The molecule has 0 unspecified atom stereocenters. The molecule has 0 amide bonds. The van der Waals surface area contributed by atoms with Crippen molar-refractivity contribution in [2.75, 3.05) is 0 Å². The Labute approximate surface area is 107 Å². The molecular formula is C14H19NO3. The predicted octanol–water partition coefficient (Wildman–Crippen LogP) is 2.41. The Hall–Kier alpha value is -1.60. The zero-order valence-corrected chi connectivity index (χ0v) is 11.0. The van der Waals surface area contributed by atoms with Crippen LogP contribution in [0.2, 0.25) is 0 Å². The number of rotatable bonds is 4. The highest BCUT2D eigenvalue weighted by Crippen LogP contribution is 2.49. The van der Waals surface area contributed by atoms with Crippen molar-refractivity contribution in [2.24, 2.45) is 5.41 Å². The number of hydrogen-bond acceptors (Lipinski definition) is 3. The molecule has 1 rings (SSSR count). The van der Waals surface area contributed by atoms with Crippen molar-refractivity contribution in [3.05, 3.63) is 23.3 Å². The van der Waals surface area contributed by atoms with Crippen LogP contribution in [0.15, 0.2) is 23.3 Å². The molecule has 4 heteroatoms. The molecule has 0 heterocycles. The number of carboxylic acid groups (broad SMARTS) is 1. The van der Waals surface area contributed by atoms with Gasteiger partial charge < -0.3 is 10.2 Å². The van der Waals surface area contributed by atoms with Crippen LogP contribution >= 0.6 is 0 Å². The highest BCUT2D eigenvalue weighted by atomic mass is 16.4. The summed E-state index contributed by atoms with van der Waals surface area (Å²) in [6.07, 6.45) is 5.43. The summed E-state index contributed by atoms with van der Waals surface area (Å²) in [4.78, 5) is 10.8. The third-order valence-corrected chi connectivity index (χ3v) is 3.96. The van der Waals surface area contributed by atoms with Gasteiger partial charge in [-0.15, -0.1) is 0 Å². The minimum absolute atomic E-state index is 0.238.